The molecule has 2 amide bonds. The molecule has 26 heavy (non-hydrogen) atoms. The van der Waals surface area contributed by atoms with Gasteiger partial charge >= 0.3 is 6.09 Å². The van der Waals surface area contributed by atoms with E-state index in [4.69, 9.17) is 4.74 Å². The summed E-state index contributed by atoms with van der Waals surface area (Å²) in [6.45, 7) is 8.55. The van der Waals surface area contributed by atoms with Crippen LogP contribution in [0.15, 0.2) is 30.3 Å². The van der Waals surface area contributed by atoms with E-state index in [0.717, 1.165) is 23.5 Å². The summed E-state index contributed by atoms with van der Waals surface area (Å²) < 4.78 is 5.40. The van der Waals surface area contributed by atoms with Crippen molar-refractivity contribution in [1.82, 2.24) is 9.96 Å². The summed E-state index contributed by atoms with van der Waals surface area (Å²) in [6.07, 6.45) is 1.34. The van der Waals surface area contributed by atoms with Gasteiger partial charge in [-0.05, 0) is 52.0 Å². The van der Waals surface area contributed by atoms with Crippen molar-refractivity contribution in [2.24, 2.45) is 5.92 Å². The fraction of sp³-hybridized carbons (Fsp3) is 0.600. The third-order valence-corrected chi connectivity index (χ3v) is 4.71. The molecule has 1 heterocycles. The molecule has 0 radical (unpaired) electrons. The molecular weight excluding hydrogens is 332 g/mol. The molecule has 1 aromatic carbocycles. The van der Waals surface area contributed by atoms with Crippen LogP contribution in [0.3, 0.4) is 0 Å². The molecule has 1 saturated heterocycles. The van der Waals surface area contributed by atoms with E-state index in [0.29, 0.717) is 13.1 Å². The Hall–Kier alpha value is -2.08. The predicted molar refractivity (Wildman–Crippen MR) is 98.8 cm³/mol. The first-order valence-electron chi connectivity index (χ1n) is 9.20. The molecule has 0 spiro atoms. The fourth-order valence-corrected chi connectivity index (χ4v) is 3.17. The lowest BCUT2D eigenvalue weighted by molar-refractivity contribution is -0.179. The second kappa shape index (κ2) is 8.54. The van der Waals surface area contributed by atoms with Crippen LogP contribution in [0.25, 0.3) is 0 Å². The standard InChI is InChI=1S/C20H30N2O4/c1-15(22(25)18(23)14-16-8-6-5-7-9-16)17-10-12-21(13-11-17)19(24)26-20(2,3)4/h5-9,15,17,25H,10-14H2,1-4H3. The zero-order valence-corrected chi connectivity index (χ0v) is 16.1. The van der Waals surface area contributed by atoms with Crippen molar-refractivity contribution in [2.75, 3.05) is 13.1 Å². The van der Waals surface area contributed by atoms with Crippen molar-refractivity contribution in [1.29, 1.82) is 0 Å². The van der Waals surface area contributed by atoms with E-state index in [1.165, 1.54) is 0 Å². The quantitative estimate of drug-likeness (QED) is 0.657. The Bertz CT molecular complexity index is 604. The molecule has 1 unspecified atom stereocenters. The number of hydroxylamine groups is 2. The molecule has 0 bridgehead atoms. The summed E-state index contributed by atoms with van der Waals surface area (Å²) in [6, 6.07) is 9.10. The average Bonchev–Trinajstić information content (AvgIpc) is 2.60. The van der Waals surface area contributed by atoms with Gasteiger partial charge in [0, 0.05) is 13.1 Å². The first-order chi connectivity index (χ1) is 12.2. The zero-order valence-electron chi connectivity index (χ0n) is 16.1. The van der Waals surface area contributed by atoms with E-state index >= 15 is 0 Å². The molecule has 1 fully saturated rings. The Labute approximate surface area is 155 Å². The van der Waals surface area contributed by atoms with Crippen LogP contribution >= 0.6 is 0 Å². The molecule has 1 aromatic rings. The molecule has 0 saturated carbocycles. The highest BCUT2D eigenvalue weighted by molar-refractivity contribution is 5.77. The molecule has 1 aliphatic rings. The van der Waals surface area contributed by atoms with Gasteiger partial charge in [-0.2, -0.15) is 0 Å². The van der Waals surface area contributed by atoms with Gasteiger partial charge in [0.15, 0.2) is 0 Å². The van der Waals surface area contributed by atoms with Crippen LogP contribution in [0.1, 0.15) is 46.1 Å². The van der Waals surface area contributed by atoms with Crippen LogP contribution in [-0.4, -0.2) is 51.9 Å². The number of ether oxygens (including phenoxy) is 1. The minimum absolute atomic E-state index is 0.151. The maximum atomic E-state index is 12.3. The van der Waals surface area contributed by atoms with E-state index in [-0.39, 0.29) is 30.4 Å². The smallest absolute Gasteiger partial charge is 0.410 e. The van der Waals surface area contributed by atoms with Gasteiger partial charge in [-0.1, -0.05) is 30.3 Å². The second-order valence-electron chi connectivity index (χ2n) is 7.95. The van der Waals surface area contributed by atoms with Crippen LogP contribution in [0, 0.1) is 5.92 Å². The van der Waals surface area contributed by atoms with E-state index < -0.39 is 5.60 Å². The summed E-state index contributed by atoms with van der Waals surface area (Å²) in [5.41, 5.74) is 0.371. The van der Waals surface area contributed by atoms with Crippen molar-refractivity contribution in [2.45, 2.75) is 58.6 Å². The minimum atomic E-state index is -0.507. The molecule has 1 N–H and O–H groups in total. The number of hydrogen-bond acceptors (Lipinski definition) is 4. The maximum Gasteiger partial charge on any atom is 0.410 e. The van der Waals surface area contributed by atoms with Crippen molar-refractivity contribution in [3.05, 3.63) is 35.9 Å². The number of benzene rings is 1. The van der Waals surface area contributed by atoms with Crippen LogP contribution in [0.2, 0.25) is 0 Å². The Morgan fingerprint density at radius 3 is 2.35 bits per heavy atom. The summed E-state index contributed by atoms with van der Waals surface area (Å²) in [5.74, 6) is -0.156. The van der Waals surface area contributed by atoms with Gasteiger partial charge in [0.2, 0.25) is 0 Å². The molecule has 1 aliphatic heterocycles. The minimum Gasteiger partial charge on any atom is -0.444 e. The van der Waals surface area contributed by atoms with E-state index in [1.807, 2.05) is 58.0 Å². The first kappa shape index (κ1) is 20.2. The third-order valence-electron chi connectivity index (χ3n) is 4.71. The number of carbonyl (C=O) groups is 2. The molecule has 144 valence electrons. The monoisotopic (exact) mass is 362 g/mol. The molecular formula is C20H30N2O4. The molecule has 0 aliphatic carbocycles. The lowest BCUT2D eigenvalue weighted by Crippen LogP contribution is -2.47. The van der Waals surface area contributed by atoms with Gasteiger partial charge in [-0.25, -0.2) is 9.86 Å². The Balaban J connectivity index is 1.84. The van der Waals surface area contributed by atoms with Crippen molar-refractivity contribution >= 4 is 12.0 Å². The van der Waals surface area contributed by atoms with Gasteiger partial charge in [0.1, 0.15) is 5.60 Å². The van der Waals surface area contributed by atoms with Crippen LogP contribution in [0.4, 0.5) is 4.79 Å². The Morgan fingerprint density at radius 1 is 1.23 bits per heavy atom. The number of nitrogens with zero attached hydrogens (tertiary/aromatic N) is 2. The predicted octanol–water partition coefficient (Wildman–Crippen LogP) is 3.48. The van der Waals surface area contributed by atoms with E-state index in [1.54, 1.807) is 4.90 Å². The average molecular weight is 362 g/mol. The highest BCUT2D eigenvalue weighted by Gasteiger charge is 2.32. The highest BCUT2D eigenvalue weighted by atomic mass is 16.6. The highest BCUT2D eigenvalue weighted by Crippen LogP contribution is 2.25. The topological polar surface area (TPSA) is 70.1 Å². The largest absolute Gasteiger partial charge is 0.444 e. The van der Waals surface area contributed by atoms with Crippen LogP contribution in [-0.2, 0) is 16.0 Å². The van der Waals surface area contributed by atoms with Crippen LogP contribution in [0.5, 0.6) is 0 Å². The first-order valence-corrected chi connectivity index (χ1v) is 9.20. The maximum absolute atomic E-state index is 12.3. The molecule has 2 rings (SSSR count). The van der Waals surface area contributed by atoms with Crippen molar-refractivity contribution in [3.8, 4) is 0 Å². The Morgan fingerprint density at radius 2 is 1.81 bits per heavy atom. The summed E-state index contributed by atoms with van der Waals surface area (Å²) in [7, 11) is 0. The van der Waals surface area contributed by atoms with Gasteiger partial charge in [-0.3, -0.25) is 10.0 Å². The zero-order chi connectivity index (χ0) is 19.3. The molecule has 1 atom stereocenters. The third kappa shape index (κ3) is 5.73. The summed E-state index contributed by atoms with van der Waals surface area (Å²) >= 11 is 0. The van der Waals surface area contributed by atoms with Crippen LogP contribution < -0.4 is 0 Å². The molecule has 6 heteroatoms. The summed E-state index contributed by atoms with van der Waals surface area (Å²) in [4.78, 5) is 26.1. The Kier molecular flexibility index (Phi) is 6.64. The second-order valence-corrected chi connectivity index (χ2v) is 7.95. The molecule has 6 nitrogen and oxygen atoms in total. The van der Waals surface area contributed by atoms with E-state index in [2.05, 4.69) is 0 Å². The SMILES string of the molecule is CC(C1CCN(C(=O)OC(C)(C)C)CC1)N(O)C(=O)Cc1ccccc1. The normalized spacial score (nSPS) is 16.9. The lowest BCUT2D eigenvalue weighted by atomic mass is 9.90. The fourth-order valence-electron chi connectivity index (χ4n) is 3.17. The van der Waals surface area contributed by atoms with Gasteiger partial charge in [-0.15, -0.1) is 0 Å². The number of amides is 2. The number of carbonyl (C=O) groups excluding carboxylic acids is 2. The molecule has 0 aromatic heterocycles. The van der Waals surface area contributed by atoms with Gasteiger partial charge < -0.3 is 9.64 Å². The van der Waals surface area contributed by atoms with E-state index in [9.17, 15) is 14.8 Å². The number of piperidine rings is 1. The lowest BCUT2D eigenvalue weighted by Gasteiger charge is -2.37. The van der Waals surface area contributed by atoms with Crippen molar-refractivity contribution < 1.29 is 19.5 Å². The summed E-state index contributed by atoms with van der Waals surface area (Å²) in [5, 5.41) is 11.2. The number of rotatable bonds is 4. The number of hydrogen-bond donors (Lipinski definition) is 1. The van der Waals surface area contributed by atoms with Gasteiger partial charge in [0.25, 0.3) is 5.91 Å². The number of likely N-dealkylation sites (tertiary alicyclic amines) is 1. The van der Waals surface area contributed by atoms with Crippen molar-refractivity contribution in [3.63, 3.8) is 0 Å². The van der Waals surface area contributed by atoms with Gasteiger partial charge in [0.05, 0.1) is 12.5 Å².